The van der Waals surface area contributed by atoms with Crippen LogP contribution in [-0.2, 0) is 24.0 Å². The molecule has 13 nitrogen and oxygen atoms in total. The van der Waals surface area contributed by atoms with Crippen LogP contribution < -0.4 is 21.3 Å². The minimum atomic E-state index is -1.08. The molecule has 7 atom stereocenters. The highest BCUT2D eigenvalue weighted by molar-refractivity contribution is 6.38. The van der Waals surface area contributed by atoms with Gasteiger partial charge in [-0.25, -0.2) is 4.98 Å². The van der Waals surface area contributed by atoms with Crippen LogP contribution in [0.15, 0.2) is 30.7 Å². The molecule has 1 saturated heterocycles. The fraction of sp³-hybridized carbons (Fsp3) is 0.692. The van der Waals surface area contributed by atoms with Gasteiger partial charge in [0.1, 0.15) is 29.9 Å². The van der Waals surface area contributed by atoms with Crippen LogP contribution in [0.3, 0.4) is 0 Å². The topological polar surface area (TPSA) is 180 Å². The summed E-state index contributed by atoms with van der Waals surface area (Å²) in [4.78, 5) is 91.9. The fourth-order valence-corrected chi connectivity index (χ4v) is 7.88. The van der Waals surface area contributed by atoms with Gasteiger partial charge in [-0.2, -0.15) is 0 Å². The van der Waals surface area contributed by atoms with Crippen molar-refractivity contribution in [2.45, 2.75) is 142 Å². The molecule has 4 rings (SSSR count). The number of nitrogens with zero attached hydrogens (tertiary/aromatic N) is 3. The lowest BCUT2D eigenvalue weighted by Crippen LogP contribution is -2.62. The third-order valence-corrected chi connectivity index (χ3v) is 11.0. The number of hydrogen-bond donors (Lipinski definition) is 4. The number of carbonyl (C=O) groups is 6. The molecule has 2 bridgehead atoms. The summed E-state index contributed by atoms with van der Waals surface area (Å²) in [5, 5.41) is 11.5. The van der Waals surface area contributed by atoms with E-state index in [1.807, 2.05) is 39.8 Å². The molecule has 286 valence electrons. The zero-order valence-electron chi connectivity index (χ0n) is 31.8. The number of amides is 5. The molecule has 1 aromatic heterocycles. The maximum Gasteiger partial charge on any atom is 0.289 e. The first kappa shape index (κ1) is 40.6. The van der Waals surface area contributed by atoms with E-state index in [1.54, 1.807) is 0 Å². The van der Waals surface area contributed by atoms with Crippen LogP contribution in [-0.4, -0.2) is 86.9 Å². The standard InChI is InChI=1S/C39H59N7O6/c1-7-14-26(8-2)24(3)42-37(51)32(47)28-18-13-12-15-25-21-30(35(49)43-28)46(23-25)38(52)33(39(4,5)6)45-36(50)31(27-16-10-9-11-17-27)44-34(48)29-22-40-19-20-41-29/h12-13,19-20,22,24-28,30-31,33H,7-11,14-18,21,23H2,1-6H3,(H,42,51)(H,43,49)(H,44,48)(H,45,50)/b13-12-/t24?,25-,26?,28?,30?,31?,33-/m1/s1. The molecule has 1 aliphatic carbocycles. The van der Waals surface area contributed by atoms with E-state index in [9.17, 15) is 28.8 Å². The van der Waals surface area contributed by atoms with E-state index in [1.165, 1.54) is 23.5 Å². The minimum absolute atomic E-state index is 0.00512. The van der Waals surface area contributed by atoms with Crippen molar-refractivity contribution in [3.8, 4) is 0 Å². The monoisotopic (exact) mass is 721 g/mol. The first-order valence-electron chi connectivity index (χ1n) is 19.2. The van der Waals surface area contributed by atoms with Crippen LogP contribution in [0.5, 0.6) is 0 Å². The van der Waals surface area contributed by atoms with Gasteiger partial charge in [-0.3, -0.25) is 33.8 Å². The van der Waals surface area contributed by atoms with E-state index in [0.29, 0.717) is 19.4 Å². The van der Waals surface area contributed by atoms with Crippen molar-refractivity contribution in [3.05, 3.63) is 36.4 Å². The van der Waals surface area contributed by atoms with Crippen LogP contribution in [0.2, 0.25) is 0 Å². The summed E-state index contributed by atoms with van der Waals surface area (Å²) in [6.45, 7) is 11.9. The average Bonchev–Trinajstić information content (AvgIpc) is 3.56. The molecular formula is C39H59N7O6. The van der Waals surface area contributed by atoms with Crippen LogP contribution in [0.1, 0.15) is 123 Å². The molecule has 0 radical (unpaired) electrons. The molecule has 13 heteroatoms. The Morgan fingerprint density at radius 3 is 2.33 bits per heavy atom. The number of carbonyl (C=O) groups excluding carboxylic acids is 6. The Morgan fingerprint density at radius 1 is 0.981 bits per heavy atom. The molecule has 3 aliphatic rings. The summed E-state index contributed by atoms with van der Waals surface area (Å²) in [7, 11) is 0. The summed E-state index contributed by atoms with van der Waals surface area (Å²) in [6, 6.07) is -4.08. The maximum absolute atomic E-state index is 14.5. The van der Waals surface area contributed by atoms with Crippen molar-refractivity contribution < 1.29 is 28.8 Å². The number of aromatic nitrogens is 2. The molecule has 3 heterocycles. The van der Waals surface area contributed by atoms with Crippen molar-refractivity contribution in [2.75, 3.05) is 6.54 Å². The van der Waals surface area contributed by atoms with Gasteiger partial charge in [-0.05, 0) is 68.6 Å². The van der Waals surface area contributed by atoms with E-state index >= 15 is 0 Å². The molecule has 2 aliphatic heterocycles. The molecule has 0 spiro atoms. The zero-order valence-corrected chi connectivity index (χ0v) is 31.8. The fourth-order valence-electron chi connectivity index (χ4n) is 7.88. The summed E-state index contributed by atoms with van der Waals surface area (Å²) in [5.41, 5.74) is -0.666. The summed E-state index contributed by atoms with van der Waals surface area (Å²) < 4.78 is 0. The third-order valence-electron chi connectivity index (χ3n) is 11.0. The summed E-state index contributed by atoms with van der Waals surface area (Å²) in [6.07, 6.45) is 16.3. The number of nitrogens with one attached hydrogen (secondary N) is 4. The van der Waals surface area contributed by atoms with Gasteiger partial charge in [0, 0.05) is 25.0 Å². The average molecular weight is 722 g/mol. The van der Waals surface area contributed by atoms with Gasteiger partial charge in [-0.15, -0.1) is 0 Å². The smallest absolute Gasteiger partial charge is 0.289 e. The molecule has 4 N–H and O–H groups in total. The van der Waals surface area contributed by atoms with Gasteiger partial charge >= 0.3 is 0 Å². The normalized spacial score (nSPS) is 24.0. The molecular weight excluding hydrogens is 662 g/mol. The quantitative estimate of drug-likeness (QED) is 0.176. The minimum Gasteiger partial charge on any atom is -0.347 e. The summed E-state index contributed by atoms with van der Waals surface area (Å²) in [5.74, 6) is -3.25. The van der Waals surface area contributed by atoms with E-state index in [0.717, 1.165) is 51.4 Å². The third kappa shape index (κ3) is 10.5. The molecule has 1 saturated carbocycles. The second-order valence-corrected chi connectivity index (χ2v) is 15.9. The molecule has 1 aromatic rings. The second kappa shape index (κ2) is 18.6. The van der Waals surface area contributed by atoms with Gasteiger partial charge in [0.05, 0.1) is 6.20 Å². The predicted octanol–water partition coefficient (Wildman–Crippen LogP) is 3.64. The number of hydrogen-bond acceptors (Lipinski definition) is 8. The van der Waals surface area contributed by atoms with Gasteiger partial charge in [0.15, 0.2) is 0 Å². The highest BCUT2D eigenvalue weighted by Gasteiger charge is 2.46. The molecule has 5 unspecified atom stereocenters. The molecule has 5 amide bonds. The first-order valence-corrected chi connectivity index (χ1v) is 19.2. The SMILES string of the molecule is CCCC(CC)C(C)NC(=O)C(=O)C1C/C=C\C[C@@H]2CC(C(=O)N1)N(C(=O)[C@@H](NC(=O)C(NC(=O)c1cnccn1)C1CCCCC1)C(C)(C)C)C2. The summed E-state index contributed by atoms with van der Waals surface area (Å²) >= 11 is 0. The Labute approximate surface area is 308 Å². The number of fused-ring (bicyclic) bond motifs is 2. The Kier molecular flexibility index (Phi) is 14.5. The van der Waals surface area contributed by atoms with E-state index in [-0.39, 0.29) is 35.9 Å². The van der Waals surface area contributed by atoms with E-state index in [4.69, 9.17) is 0 Å². The van der Waals surface area contributed by atoms with E-state index < -0.39 is 64.9 Å². The second-order valence-electron chi connectivity index (χ2n) is 15.9. The highest BCUT2D eigenvalue weighted by Crippen LogP contribution is 2.32. The maximum atomic E-state index is 14.5. The van der Waals surface area contributed by atoms with Crippen LogP contribution in [0, 0.1) is 23.2 Å². The lowest BCUT2D eigenvalue weighted by Gasteiger charge is -2.37. The van der Waals surface area contributed by atoms with Crippen LogP contribution in [0.25, 0.3) is 0 Å². The highest BCUT2D eigenvalue weighted by atomic mass is 16.2. The molecule has 2 fully saturated rings. The van der Waals surface area contributed by atoms with Gasteiger partial charge in [0.2, 0.25) is 23.5 Å². The number of allylic oxidation sites excluding steroid dienone is 1. The van der Waals surface area contributed by atoms with E-state index in [2.05, 4.69) is 45.1 Å². The lowest BCUT2D eigenvalue weighted by atomic mass is 9.82. The number of ketones is 1. The zero-order chi connectivity index (χ0) is 38.0. The van der Waals surface area contributed by atoms with Crippen molar-refractivity contribution in [2.24, 2.45) is 23.2 Å². The van der Waals surface area contributed by atoms with Gasteiger partial charge < -0.3 is 26.2 Å². The predicted molar refractivity (Wildman–Crippen MR) is 196 cm³/mol. The first-order chi connectivity index (χ1) is 24.7. The van der Waals surface area contributed by atoms with Crippen molar-refractivity contribution >= 4 is 35.3 Å². The Morgan fingerprint density at radius 2 is 1.69 bits per heavy atom. The van der Waals surface area contributed by atoms with Crippen molar-refractivity contribution in [1.29, 1.82) is 0 Å². The van der Waals surface area contributed by atoms with Gasteiger partial charge in [0.25, 0.3) is 11.8 Å². The lowest BCUT2D eigenvalue weighted by molar-refractivity contribution is -0.145. The largest absolute Gasteiger partial charge is 0.347 e. The Balaban J connectivity index is 1.52. The molecule has 0 aromatic carbocycles. The number of likely N-dealkylation sites (tertiary alicyclic amines) is 1. The van der Waals surface area contributed by atoms with Crippen LogP contribution in [0.4, 0.5) is 0 Å². The van der Waals surface area contributed by atoms with Crippen molar-refractivity contribution in [1.82, 2.24) is 36.1 Å². The Hall–Kier alpha value is -4.16. The van der Waals surface area contributed by atoms with Gasteiger partial charge in [-0.1, -0.05) is 78.9 Å². The van der Waals surface area contributed by atoms with Crippen LogP contribution >= 0.6 is 0 Å². The number of Topliss-reactive ketones (excluding diaryl/α,β-unsaturated/α-hetero) is 1. The number of rotatable bonds is 13. The molecule has 52 heavy (non-hydrogen) atoms. The van der Waals surface area contributed by atoms with Crippen molar-refractivity contribution in [3.63, 3.8) is 0 Å². The Bertz CT molecular complexity index is 1450.